The van der Waals surface area contributed by atoms with Gasteiger partial charge in [0.25, 0.3) is 5.91 Å². The maximum atomic E-state index is 11.8. The van der Waals surface area contributed by atoms with E-state index in [4.69, 9.17) is 10.00 Å². The first-order chi connectivity index (χ1) is 10.1. The third kappa shape index (κ3) is 6.13. The quantitative estimate of drug-likeness (QED) is 0.475. The predicted molar refractivity (Wildman–Crippen MR) is 83.7 cm³/mol. The summed E-state index contributed by atoms with van der Waals surface area (Å²) in [6.45, 7) is 6.53. The average molecular weight is 286 g/mol. The lowest BCUT2D eigenvalue weighted by Gasteiger charge is -2.07. The topological polar surface area (TPSA) is 62.1 Å². The van der Waals surface area contributed by atoms with Crippen molar-refractivity contribution in [3.05, 3.63) is 35.4 Å². The number of benzene rings is 1. The lowest BCUT2D eigenvalue weighted by molar-refractivity contribution is -0.117. The molecule has 0 atom stereocenters. The van der Waals surface area contributed by atoms with Crippen molar-refractivity contribution in [2.45, 2.75) is 39.7 Å². The maximum Gasteiger partial charge on any atom is 0.262 e. The molecule has 0 fully saturated rings. The number of rotatable bonds is 7. The maximum absolute atomic E-state index is 11.8. The number of nitrogens with zero attached hydrogens (tertiary/aromatic N) is 1. The molecule has 0 aromatic heterocycles. The average Bonchev–Trinajstić information content (AvgIpc) is 2.45. The monoisotopic (exact) mass is 286 g/mol. The summed E-state index contributed by atoms with van der Waals surface area (Å²) in [5, 5.41) is 11.8. The van der Waals surface area contributed by atoms with Gasteiger partial charge in [0, 0.05) is 6.04 Å². The van der Waals surface area contributed by atoms with E-state index in [1.165, 1.54) is 0 Å². The zero-order valence-corrected chi connectivity index (χ0v) is 12.8. The standard InChI is InChI=1S/C17H22N2O2/c1-4-5-10-21-16-8-6-14(7-9-16)11-15(12-18)17(20)19-13(2)3/h6-9,11,13H,4-5,10H2,1-3H3,(H,19,20)/b15-11+. The highest BCUT2D eigenvalue weighted by molar-refractivity contribution is 6.01. The van der Waals surface area contributed by atoms with Gasteiger partial charge in [0.15, 0.2) is 0 Å². The molecule has 0 bridgehead atoms. The minimum atomic E-state index is -0.351. The van der Waals surface area contributed by atoms with E-state index in [1.54, 1.807) is 6.08 Å². The van der Waals surface area contributed by atoms with Crippen LogP contribution in [0.3, 0.4) is 0 Å². The number of ether oxygens (including phenoxy) is 1. The van der Waals surface area contributed by atoms with Crippen LogP contribution < -0.4 is 10.1 Å². The van der Waals surface area contributed by atoms with Gasteiger partial charge in [-0.15, -0.1) is 0 Å². The molecule has 21 heavy (non-hydrogen) atoms. The van der Waals surface area contributed by atoms with Crippen LogP contribution in [0.15, 0.2) is 29.8 Å². The van der Waals surface area contributed by atoms with Gasteiger partial charge in [0.1, 0.15) is 17.4 Å². The fourth-order valence-corrected chi connectivity index (χ4v) is 1.65. The minimum Gasteiger partial charge on any atom is -0.494 e. The van der Waals surface area contributed by atoms with Crippen LogP contribution in [0.4, 0.5) is 0 Å². The molecule has 0 spiro atoms. The van der Waals surface area contributed by atoms with Gasteiger partial charge in [-0.1, -0.05) is 25.5 Å². The molecule has 1 aromatic rings. The van der Waals surface area contributed by atoms with Gasteiger partial charge in [-0.25, -0.2) is 0 Å². The van der Waals surface area contributed by atoms with E-state index < -0.39 is 0 Å². The van der Waals surface area contributed by atoms with Crippen LogP contribution in [0.2, 0.25) is 0 Å². The molecular weight excluding hydrogens is 264 g/mol. The lowest BCUT2D eigenvalue weighted by Crippen LogP contribution is -2.30. The number of carbonyl (C=O) groups excluding carboxylic acids is 1. The minimum absolute atomic E-state index is 0.00333. The summed E-state index contributed by atoms with van der Waals surface area (Å²) < 4.78 is 5.57. The van der Waals surface area contributed by atoms with Gasteiger partial charge in [-0.3, -0.25) is 4.79 Å². The van der Waals surface area contributed by atoms with Gasteiger partial charge in [-0.05, 0) is 44.0 Å². The van der Waals surface area contributed by atoms with Crippen molar-refractivity contribution in [2.75, 3.05) is 6.61 Å². The van der Waals surface area contributed by atoms with Gasteiger partial charge in [0.05, 0.1) is 6.61 Å². The number of hydrogen-bond acceptors (Lipinski definition) is 3. The molecule has 1 N–H and O–H groups in total. The van der Waals surface area contributed by atoms with Crippen molar-refractivity contribution in [1.82, 2.24) is 5.32 Å². The highest BCUT2D eigenvalue weighted by Gasteiger charge is 2.09. The zero-order chi connectivity index (χ0) is 15.7. The number of amides is 1. The molecule has 1 amide bonds. The Morgan fingerprint density at radius 1 is 1.38 bits per heavy atom. The lowest BCUT2D eigenvalue weighted by atomic mass is 10.1. The van der Waals surface area contributed by atoms with Crippen LogP contribution in [-0.4, -0.2) is 18.6 Å². The Kier molecular flexibility index (Phi) is 7.03. The third-order valence-corrected chi connectivity index (χ3v) is 2.74. The van der Waals surface area contributed by atoms with Gasteiger partial charge >= 0.3 is 0 Å². The number of carbonyl (C=O) groups is 1. The number of nitrogens with one attached hydrogen (secondary N) is 1. The molecule has 4 heteroatoms. The zero-order valence-electron chi connectivity index (χ0n) is 12.8. The fourth-order valence-electron chi connectivity index (χ4n) is 1.65. The number of nitriles is 1. The SMILES string of the molecule is CCCCOc1ccc(/C=C(\C#N)C(=O)NC(C)C)cc1. The molecule has 0 aliphatic heterocycles. The van der Waals surface area contributed by atoms with E-state index in [1.807, 2.05) is 44.2 Å². The summed E-state index contributed by atoms with van der Waals surface area (Å²) in [7, 11) is 0. The summed E-state index contributed by atoms with van der Waals surface area (Å²) in [5.74, 6) is 0.446. The second kappa shape index (κ2) is 8.80. The van der Waals surface area contributed by atoms with Crippen LogP contribution in [0.1, 0.15) is 39.2 Å². The summed E-state index contributed by atoms with van der Waals surface area (Å²) in [6, 6.07) is 9.29. The summed E-state index contributed by atoms with van der Waals surface area (Å²) in [6.07, 6.45) is 3.69. The molecule has 0 aliphatic rings. The molecule has 1 aromatic carbocycles. The molecule has 1 rings (SSSR count). The molecular formula is C17H22N2O2. The van der Waals surface area contributed by atoms with Crippen molar-refractivity contribution < 1.29 is 9.53 Å². The first-order valence-electron chi connectivity index (χ1n) is 7.22. The first kappa shape index (κ1) is 16.8. The summed E-state index contributed by atoms with van der Waals surface area (Å²) in [4.78, 5) is 11.8. The fraction of sp³-hybridized carbons (Fsp3) is 0.412. The van der Waals surface area contributed by atoms with Crippen molar-refractivity contribution >= 4 is 12.0 Å². The normalized spacial score (nSPS) is 11.1. The van der Waals surface area contributed by atoms with Gasteiger partial charge in [-0.2, -0.15) is 5.26 Å². The van der Waals surface area contributed by atoms with E-state index in [-0.39, 0.29) is 17.5 Å². The van der Waals surface area contributed by atoms with Crippen LogP contribution >= 0.6 is 0 Å². The van der Waals surface area contributed by atoms with Crippen molar-refractivity contribution in [3.8, 4) is 11.8 Å². The van der Waals surface area contributed by atoms with Crippen LogP contribution in [-0.2, 0) is 4.79 Å². The van der Waals surface area contributed by atoms with E-state index in [2.05, 4.69) is 12.2 Å². The Bertz CT molecular complexity index is 525. The smallest absolute Gasteiger partial charge is 0.262 e. The van der Waals surface area contributed by atoms with Gasteiger partial charge in [0.2, 0.25) is 0 Å². The highest BCUT2D eigenvalue weighted by atomic mass is 16.5. The molecule has 0 heterocycles. The van der Waals surface area contributed by atoms with E-state index in [0.717, 1.165) is 24.2 Å². The molecule has 0 saturated carbocycles. The molecule has 0 radical (unpaired) electrons. The largest absolute Gasteiger partial charge is 0.494 e. The van der Waals surface area contributed by atoms with Crippen molar-refractivity contribution in [2.24, 2.45) is 0 Å². The third-order valence-electron chi connectivity index (χ3n) is 2.74. The number of hydrogen-bond donors (Lipinski definition) is 1. The Morgan fingerprint density at radius 2 is 2.05 bits per heavy atom. The predicted octanol–water partition coefficient (Wildman–Crippen LogP) is 3.30. The Labute approximate surface area is 126 Å². The molecule has 0 unspecified atom stereocenters. The first-order valence-corrected chi connectivity index (χ1v) is 7.22. The van der Waals surface area contributed by atoms with Gasteiger partial charge < -0.3 is 10.1 Å². The van der Waals surface area contributed by atoms with Crippen LogP contribution in [0, 0.1) is 11.3 Å². The van der Waals surface area contributed by atoms with E-state index >= 15 is 0 Å². The van der Waals surface area contributed by atoms with Crippen molar-refractivity contribution in [1.29, 1.82) is 5.26 Å². The second-order valence-electron chi connectivity index (χ2n) is 5.07. The highest BCUT2D eigenvalue weighted by Crippen LogP contribution is 2.15. The Balaban J connectivity index is 2.74. The Hall–Kier alpha value is -2.28. The molecule has 112 valence electrons. The number of unbranched alkanes of at least 4 members (excludes halogenated alkanes) is 1. The molecule has 0 aliphatic carbocycles. The molecule has 0 saturated heterocycles. The molecule has 4 nitrogen and oxygen atoms in total. The van der Waals surface area contributed by atoms with Crippen LogP contribution in [0.25, 0.3) is 6.08 Å². The summed E-state index contributed by atoms with van der Waals surface area (Å²) in [5.41, 5.74) is 0.900. The van der Waals surface area contributed by atoms with E-state index in [9.17, 15) is 4.79 Å². The van der Waals surface area contributed by atoms with Crippen molar-refractivity contribution in [3.63, 3.8) is 0 Å². The summed E-state index contributed by atoms with van der Waals surface area (Å²) >= 11 is 0. The van der Waals surface area contributed by atoms with E-state index in [0.29, 0.717) is 6.61 Å². The van der Waals surface area contributed by atoms with Crippen LogP contribution in [0.5, 0.6) is 5.75 Å². The second-order valence-corrected chi connectivity index (χ2v) is 5.07. The Morgan fingerprint density at radius 3 is 2.57 bits per heavy atom.